The Kier molecular flexibility index (Phi) is 6.63. The number of alkyl halides is 3. The van der Waals surface area contributed by atoms with Crippen LogP contribution in [-0.4, -0.2) is 60.4 Å². The van der Waals surface area contributed by atoms with Gasteiger partial charge in [-0.3, -0.25) is 9.69 Å². The number of carboxylic acid groups (broad SMARTS) is 1. The van der Waals surface area contributed by atoms with E-state index in [-0.39, 0.29) is 12.5 Å². The highest BCUT2D eigenvalue weighted by Crippen LogP contribution is 2.38. The van der Waals surface area contributed by atoms with E-state index in [1.54, 1.807) is 0 Å². The first-order valence-electron chi connectivity index (χ1n) is 9.48. The maximum absolute atomic E-state index is 12.6. The van der Waals surface area contributed by atoms with Crippen molar-refractivity contribution in [2.75, 3.05) is 25.0 Å². The van der Waals surface area contributed by atoms with Gasteiger partial charge in [-0.1, -0.05) is 0 Å². The van der Waals surface area contributed by atoms with E-state index in [2.05, 4.69) is 15.5 Å². The lowest BCUT2D eigenvalue weighted by Gasteiger charge is -2.35. The molecule has 0 unspecified atom stereocenters. The number of carbonyl (C=O) groups excluding carboxylic acids is 1. The molecule has 3 N–H and O–H groups in total. The van der Waals surface area contributed by atoms with E-state index in [0.29, 0.717) is 30.4 Å². The molecule has 160 valence electrons. The zero-order valence-corrected chi connectivity index (χ0v) is 15.7. The van der Waals surface area contributed by atoms with Crippen LogP contribution in [0.4, 0.5) is 23.7 Å². The maximum atomic E-state index is 12.6. The van der Waals surface area contributed by atoms with Gasteiger partial charge in [0.15, 0.2) is 0 Å². The number of benzene rings is 1. The molecule has 4 rings (SSSR count). The van der Waals surface area contributed by atoms with Gasteiger partial charge < -0.3 is 20.5 Å². The van der Waals surface area contributed by atoms with Gasteiger partial charge in [-0.15, -0.1) is 0 Å². The van der Waals surface area contributed by atoms with E-state index in [9.17, 15) is 18.0 Å². The summed E-state index contributed by atoms with van der Waals surface area (Å²) in [5.74, 6) is 0.700. The minimum Gasteiger partial charge on any atom is -0.483 e. The van der Waals surface area contributed by atoms with Gasteiger partial charge in [0.25, 0.3) is 6.47 Å². The number of nitrogens with one attached hydrogen (secondary N) is 2. The summed E-state index contributed by atoms with van der Waals surface area (Å²) in [7, 11) is 0. The Hall–Kier alpha value is -2.33. The normalized spacial score (nSPS) is 26.7. The summed E-state index contributed by atoms with van der Waals surface area (Å²) < 4.78 is 43.6. The van der Waals surface area contributed by atoms with Crippen molar-refractivity contribution in [2.24, 2.45) is 5.92 Å². The first-order valence-corrected chi connectivity index (χ1v) is 9.48. The van der Waals surface area contributed by atoms with Crippen LogP contribution in [0, 0.1) is 5.92 Å². The number of carbonyl (C=O) groups is 2. The summed E-state index contributed by atoms with van der Waals surface area (Å²) in [6, 6.07) is 4.40. The number of hydrogen-bond acceptors (Lipinski definition) is 4. The van der Waals surface area contributed by atoms with Crippen LogP contribution in [-0.2, 0) is 15.7 Å². The van der Waals surface area contributed by atoms with Crippen LogP contribution < -0.4 is 10.6 Å². The SMILES string of the molecule is O=C(Nc1ccc(C(F)(F)F)cc1)N[C@H]1C[C@H]2CO[C@H](C3CC3)CN2C1.O=CO. The summed E-state index contributed by atoms with van der Waals surface area (Å²) in [6.07, 6.45) is -0.722. The summed E-state index contributed by atoms with van der Waals surface area (Å²) in [6.45, 7) is 2.17. The van der Waals surface area contributed by atoms with Gasteiger partial charge >= 0.3 is 12.2 Å². The molecule has 0 aromatic heterocycles. The van der Waals surface area contributed by atoms with Crippen molar-refractivity contribution < 1.29 is 32.6 Å². The van der Waals surface area contributed by atoms with Gasteiger partial charge in [-0.25, -0.2) is 4.79 Å². The Labute approximate surface area is 166 Å². The smallest absolute Gasteiger partial charge is 0.416 e. The van der Waals surface area contributed by atoms with Crippen LogP contribution in [0.2, 0.25) is 0 Å². The van der Waals surface area contributed by atoms with Crippen LogP contribution >= 0.6 is 0 Å². The Morgan fingerprint density at radius 3 is 2.45 bits per heavy atom. The van der Waals surface area contributed by atoms with E-state index in [4.69, 9.17) is 14.6 Å². The van der Waals surface area contributed by atoms with Gasteiger partial charge in [0, 0.05) is 30.9 Å². The standard InChI is InChI=1S/C18H22F3N3O2.CH2O2/c19-18(20,21)12-3-5-13(6-4-12)22-17(25)23-14-7-15-10-26-16(11-1-2-11)9-24(15)8-14;2-1-3/h3-6,11,14-16H,1-2,7-10H2,(H2,22,23,25);1H,(H,2,3)/t14-,15-,16-;/m0./s1. The van der Waals surface area contributed by atoms with Gasteiger partial charge in [0.1, 0.15) is 0 Å². The second-order valence-corrected chi connectivity index (χ2v) is 7.53. The van der Waals surface area contributed by atoms with E-state index < -0.39 is 17.8 Å². The van der Waals surface area contributed by atoms with Crippen LogP contribution in [0.15, 0.2) is 24.3 Å². The predicted octanol–water partition coefficient (Wildman–Crippen LogP) is 2.78. The zero-order valence-electron chi connectivity index (χ0n) is 15.7. The lowest BCUT2D eigenvalue weighted by molar-refractivity contribution is -0.137. The Balaban J connectivity index is 0.000000755. The topological polar surface area (TPSA) is 90.9 Å². The second-order valence-electron chi connectivity index (χ2n) is 7.53. The molecule has 10 heteroatoms. The first kappa shape index (κ1) is 21.4. The first-order chi connectivity index (χ1) is 13.8. The van der Waals surface area contributed by atoms with E-state index in [1.807, 2.05) is 0 Å². The molecule has 1 aliphatic carbocycles. The summed E-state index contributed by atoms with van der Waals surface area (Å²) in [5, 5.41) is 12.4. The molecule has 2 saturated heterocycles. The third kappa shape index (κ3) is 5.83. The zero-order chi connectivity index (χ0) is 21.0. The minimum atomic E-state index is -4.38. The summed E-state index contributed by atoms with van der Waals surface area (Å²) in [5.41, 5.74) is -0.398. The van der Waals surface area contributed by atoms with Crippen LogP contribution in [0.1, 0.15) is 24.8 Å². The molecule has 0 bridgehead atoms. The molecule has 1 aromatic rings. The van der Waals surface area contributed by atoms with Crippen molar-refractivity contribution in [3.05, 3.63) is 29.8 Å². The molecule has 0 spiro atoms. The summed E-state index contributed by atoms with van der Waals surface area (Å²) in [4.78, 5) is 22.9. The molecule has 1 aromatic carbocycles. The lowest BCUT2D eigenvalue weighted by atomic mass is 10.1. The van der Waals surface area contributed by atoms with Gasteiger partial charge in [-0.2, -0.15) is 13.2 Å². The molecular weight excluding hydrogens is 391 g/mol. The van der Waals surface area contributed by atoms with Crippen LogP contribution in [0.3, 0.4) is 0 Å². The third-order valence-electron chi connectivity index (χ3n) is 5.40. The quantitative estimate of drug-likeness (QED) is 0.661. The number of amides is 2. The fraction of sp³-hybridized carbons (Fsp3) is 0.579. The molecule has 2 amide bonds. The number of halogens is 3. The van der Waals surface area contributed by atoms with Crippen LogP contribution in [0.25, 0.3) is 0 Å². The number of fused-ring (bicyclic) bond motifs is 1. The molecule has 3 fully saturated rings. The molecule has 0 radical (unpaired) electrons. The average Bonchev–Trinajstić information content (AvgIpc) is 3.42. The fourth-order valence-electron chi connectivity index (χ4n) is 3.85. The van der Waals surface area contributed by atoms with Crippen molar-refractivity contribution in [3.8, 4) is 0 Å². The van der Waals surface area contributed by atoms with Crippen molar-refractivity contribution in [1.29, 1.82) is 0 Å². The molecule has 1 saturated carbocycles. The lowest BCUT2D eigenvalue weighted by Crippen LogP contribution is -2.47. The number of rotatable bonds is 3. The molecule has 2 heterocycles. The van der Waals surface area contributed by atoms with Crippen molar-refractivity contribution in [3.63, 3.8) is 0 Å². The Morgan fingerprint density at radius 1 is 1.21 bits per heavy atom. The molecule has 3 aliphatic rings. The van der Waals surface area contributed by atoms with Gasteiger partial charge in [-0.05, 0) is 49.4 Å². The van der Waals surface area contributed by atoms with Gasteiger partial charge in [0.05, 0.1) is 18.3 Å². The monoisotopic (exact) mass is 415 g/mol. The van der Waals surface area contributed by atoms with Crippen LogP contribution in [0.5, 0.6) is 0 Å². The molecule has 2 aliphatic heterocycles. The maximum Gasteiger partial charge on any atom is 0.416 e. The number of urea groups is 1. The fourth-order valence-corrected chi connectivity index (χ4v) is 3.85. The molecule has 7 nitrogen and oxygen atoms in total. The average molecular weight is 415 g/mol. The number of hydrogen-bond donors (Lipinski definition) is 3. The second kappa shape index (κ2) is 9.00. The highest BCUT2D eigenvalue weighted by atomic mass is 19.4. The Bertz CT molecular complexity index is 710. The van der Waals surface area contributed by atoms with E-state index in [1.165, 1.54) is 25.0 Å². The van der Waals surface area contributed by atoms with Crippen molar-refractivity contribution in [1.82, 2.24) is 10.2 Å². The Morgan fingerprint density at radius 2 is 1.86 bits per heavy atom. The highest BCUT2D eigenvalue weighted by Gasteiger charge is 2.42. The van der Waals surface area contributed by atoms with Gasteiger partial charge in [0.2, 0.25) is 0 Å². The van der Waals surface area contributed by atoms with E-state index in [0.717, 1.165) is 31.6 Å². The third-order valence-corrected chi connectivity index (χ3v) is 5.40. The highest BCUT2D eigenvalue weighted by molar-refractivity contribution is 5.89. The predicted molar refractivity (Wildman–Crippen MR) is 98.5 cm³/mol. The molecule has 29 heavy (non-hydrogen) atoms. The van der Waals surface area contributed by atoms with E-state index >= 15 is 0 Å². The minimum absolute atomic E-state index is 0.0241. The molecular formula is C19H24F3N3O4. The number of anilines is 1. The molecule has 3 atom stereocenters. The number of morpholine rings is 1. The van der Waals surface area contributed by atoms with Crippen molar-refractivity contribution >= 4 is 18.2 Å². The number of nitrogens with zero attached hydrogens (tertiary/aromatic N) is 1. The largest absolute Gasteiger partial charge is 0.483 e. The summed E-state index contributed by atoms with van der Waals surface area (Å²) >= 11 is 0. The van der Waals surface area contributed by atoms with Crippen molar-refractivity contribution in [2.45, 2.75) is 43.6 Å². The number of ether oxygens (including phenoxy) is 1.